The average Bonchev–Trinajstić information content (AvgIpc) is 3.23. The number of rotatable bonds is 6. The quantitative estimate of drug-likeness (QED) is 0.677. The third-order valence-corrected chi connectivity index (χ3v) is 6.98. The van der Waals surface area contributed by atoms with E-state index in [-0.39, 0.29) is 11.2 Å². The Morgan fingerprint density at radius 2 is 1.83 bits per heavy atom. The minimum Gasteiger partial charge on any atom is -0.339 e. The lowest BCUT2D eigenvalue weighted by Crippen LogP contribution is -2.50. The summed E-state index contributed by atoms with van der Waals surface area (Å²) in [4.78, 5) is 17.4. The maximum Gasteiger partial charge on any atom is 0.235 e. The van der Waals surface area contributed by atoms with E-state index in [0.29, 0.717) is 6.04 Å². The number of nitrogens with zero attached hydrogens (tertiary/aromatic N) is 6. The van der Waals surface area contributed by atoms with E-state index in [2.05, 4.69) is 44.7 Å². The lowest BCUT2D eigenvalue weighted by molar-refractivity contribution is -0.132. The molecule has 7 nitrogen and oxygen atoms in total. The summed E-state index contributed by atoms with van der Waals surface area (Å²) in [6, 6.07) is 10.9. The molecule has 1 aliphatic heterocycles. The van der Waals surface area contributed by atoms with Crippen LogP contribution in [0.15, 0.2) is 35.5 Å². The second-order valence-corrected chi connectivity index (χ2v) is 9.35. The molecule has 1 aromatic heterocycles. The van der Waals surface area contributed by atoms with Gasteiger partial charge in [0.1, 0.15) is 0 Å². The van der Waals surface area contributed by atoms with Crippen molar-refractivity contribution in [2.24, 2.45) is 0 Å². The smallest absolute Gasteiger partial charge is 0.235 e. The van der Waals surface area contributed by atoms with Crippen LogP contribution in [0.3, 0.4) is 0 Å². The van der Waals surface area contributed by atoms with Crippen LogP contribution >= 0.6 is 11.8 Å². The summed E-state index contributed by atoms with van der Waals surface area (Å²) in [6.07, 6.45) is 6.02. The first-order valence-electron chi connectivity index (χ1n) is 10.7. The molecule has 29 heavy (non-hydrogen) atoms. The maximum atomic E-state index is 13.0. The molecule has 156 valence electrons. The molecule has 2 heterocycles. The Kier molecular flexibility index (Phi) is 6.82. The van der Waals surface area contributed by atoms with Crippen molar-refractivity contribution in [3.05, 3.63) is 35.9 Å². The Morgan fingerprint density at radius 3 is 2.55 bits per heavy atom. The third-order valence-electron chi connectivity index (χ3n) is 5.95. The second kappa shape index (κ2) is 9.71. The standard InChI is InChI=1S/C21H30N6OS/c1-17(29-21-22-23-24-27(21)19-10-6-3-7-11-19)20(28)26-14-12-25(13-15-26)16-18-8-4-2-5-9-18/h2,4-5,8-9,17,19H,3,6-7,10-16H2,1H3. The fourth-order valence-electron chi connectivity index (χ4n) is 4.25. The van der Waals surface area contributed by atoms with Gasteiger partial charge in [-0.3, -0.25) is 9.69 Å². The summed E-state index contributed by atoms with van der Waals surface area (Å²) < 4.78 is 1.95. The molecule has 0 radical (unpaired) electrons. The second-order valence-electron chi connectivity index (χ2n) is 8.04. The van der Waals surface area contributed by atoms with Gasteiger partial charge >= 0.3 is 0 Å². The Bertz CT molecular complexity index is 783. The number of hydrogen-bond acceptors (Lipinski definition) is 6. The Labute approximate surface area is 176 Å². The minimum absolute atomic E-state index is 0.177. The minimum atomic E-state index is -0.177. The number of carbonyl (C=O) groups excluding carboxylic acids is 1. The predicted molar refractivity (Wildman–Crippen MR) is 114 cm³/mol. The van der Waals surface area contributed by atoms with Crippen molar-refractivity contribution in [3.63, 3.8) is 0 Å². The molecule has 2 fully saturated rings. The largest absolute Gasteiger partial charge is 0.339 e. The first-order chi connectivity index (χ1) is 14.2. The first kappa shape index (κ1) is 20.3. The lowest BCUT2D eigenvalue weighted by atomic mass is 9.96. The van der Waals surface area contributed by atoms with Gasteiger partial charge in [0, 0.05) is 32.7 Å². The van der Waals surface area contributed by atoms with Crippen molar-refractivity contribution in [2.45, 2.75) is 62.0 Å². The van der Waals surface area contributed by atoms with Gasteiger partial charge in [0.2, 0.25) is 11.1 Å². The van der Waals surface area contributed by atoms with E-state index in [4.69, 9.17) is 0 Å². The van der Waals surface area contributed by atoms with Gasteiger partial charge in [0.15, 0.2) is 0 Å². The fourth-order valence-corrected chi connectivity index (χ4v) is 5.19. The third kappa shape index (κ3) is 5.17. The SMILES string of the molecule is CC(Sc1nnnn1C1CCCCC1)C(=O)N1CCN(Cc2ccccc2)CC1. The van der Waals surface area contributed by atoms with Crippen molar-refractivity contribution >= 4 is 17.7 Å². The highest BCUT2D eigenvalue weighted by Crippen LogP contribution is 2.31. The molecular formula is C21H30N6OS. The molecule has 0 spiro atoms. The van der Waals surface area contributed by atoms with Crippen molar-refractivity contribution in [3.8, 4) is 0 Å². The number of piperazine rings is 1. The van der Waals surface area contributed by atoms with Crippen LogP contribution in [0.1, 0.15) is 50.6 Å². The molecule has 0 N–H and O–H groups in total. The van der Waals surface area contributed by atoms with Crippen LogP contribution in [-0.2, 0) is 11.3 Å². The molecule has 1 atom stereocenters. The van der Waals surface area contributed by atoms with E-state index >= 15 is 0 Å². The summed E-state index contributed by atoms with van der Waals surface area (Å²) in [6.45, 7) is 6.32. The molecule has 2 aliphatic rings. The van der Waals surface area contributed by atoms with Gasteiger partial charge in [-0.15, -0.1) is 5.10 Å². The number of tetrazole rings is 1. The number of benzene rings is 1. The van der Waals surface area contributed by atoms with Crippen LogP contribution in [0.2, 0.25) is 0 Å². The zero-order valence-corrected chi connectivity index (χ0v) is 17.9. The Hall–Kier alpha value is -1.93. The number of hydrogen-bond donors (Lipinski definition) is 0. The van der Waals surface area contributed by atoms with Crippen molar-refractivity contribution in [1.82, 2.24) is 30.0 Å². The molecule has 4 rings (SSSR count). The van der Waals surface area contributed by atoms with Gasteiger partial charge in [-0.2, -0.15) is 0 Å². The van der Waals surface area contributed by atoms with Gasteiger partial charge < -0.3 is 4.90 Å². The van der Waals surface area contributed by atoms with Gasteiger partial charge in [0.25, 0.3) is 0 Å². The van der Waals surface area contributed by atoms with Gasteiger partial charge in [-0.25, -0.2) is 4.68 Å². The van der Waals surface area contributed by atoms with Crippen molar-refractivity contribution in [2.75, 3.05) is 26.2 Å². The highest BCUT2D eigenvalue weighted by molar-refractivity contribution is 8.00. The predicted octanol–water partition coefficient (Wildman–Crippen LogP) is 3.00. The summed E-state index contributed by atoms with van der Waals surface area (Å²) in [5, 5.41) is 12.9. The molecule has 1 saturated heterocycles. The normalized spacial score (nSPS) is 20.0. The van der Waals surface area contributed by atoms with Crippen LogP contribution in [-0.4, -0.2) is 67.3 Å². The van der Waals surface area contributed by atoms with Gasteiger partial charge in [-0.05, 0) is 35.8 Å². The van der Waals surface area contributed by atoms with Gasteiger partial charge in [0.05, 0.1) is 11.3 Å². The van der Waals surface area contributed by atoms with E-state index in [1.54, 1.807) is 0 Å². The van der Waals surface area contributed by atoms with E-state index < -0.39 is 0 Å². The molecule has 1 aliphatic carbocycles. The average molecular weight is 415 g/mol. The first-order valence-corrected chi connectivity index (χ1v) is 11.6. The summed E-state index contributed by atoms with van der Waals surface area (Å²) in [7, 11) is 0. The fraction of sp³-hybridized carbons (Fsp3) is 0.619. The van der Waals surface area contributed by atoms with Crippen LogP contribution < -0.4 is 0 Å². The van der Waals surface area contributed by atoms with E-state index in [1.807, 2.05) is 22.6 Å². The monoisotopic (exact) mass is 414 g/mol. The van der Waals surface area contributed by atoms with Crippen LogP contribution in [0, 0.1) is 0 Å². The highest BCUT2D eigenvalue weighted by Gasteiger charge is 2.28. The lowest BCUT2D eigenvalue weighted by Gasteiger charge is -2.35. The number of thioether (sulfide) groups is 1. The topological polar surface area (TPSA) is 67.2 Å². The van der Waals surface area contributed by atoms with Gasteiger partial charge in [-0.1, -0.05) is 61.4 Å². The van der Waals surface area contributed by atoms with Crippen LogP contribution in [0.5, 0.6) is 0 Å². The molecular weight excluding hydrogens is 384 g/mol. The summed E-state index contributed by atoms with van der Waals surface area (Å²) in [5.41, 5.74) is 1.32. The summed E-state index contributed by atoms with van der Waals surface area (Å²) >= 11 is 1.50. The molecule has 1 amide bonds. The molecule has 2 aromatic rings. The van der Waals surface area contributed by atoms with Crippen LogP contribution in [0.4, 0.5) is 0 Å². The van der Waals surface area contributed by atoms with Crippen molar-refractivity contribution < 1.29 is 4.79 Å². The molecule has 1 aromatic carbocycles. The Balaban J connectivity index is 1.29. The number of amides is 1. The molecule has 1 unspecified atom stereocenters. The molecule has 8 heteroatoms. The van der Waals surface area contributed by atoms with E-state index in [9.17, 15) is 4.79 Å². The van der Waals surface area contributed by atoms with Crippen LogP contribution in [0.25, 0.3) is 0 Å². The highest BCUT2D eigenvalue weighted by atomic mass is 32.2. The summed E-state index contributed by atoms with van der Waals surface area (Å²) in [5.74, 6) is 0.188. The number of carbonyl (C=O) groups is 1. The zero-order valence-electron chi connectivity index (χ0n) is 17.1. The van der Waals surface area contributed by atoms with E-state index in [0.717, 1.165) is 50.7 Å². The Morgan fingerprint density at radius 1 is 1.10 bits per heavy atom. The molecule has 0 bridgehead atoms. The number of aromatic nitrogens is 4. The zero-order chi connectivity index (χ0) is 20.1. The molecule has 1 saturated carbocycles. The van der Waals surface area contributed by atoms with Crippen molar-refractivity contribution in [1.29, 1.82) is 0 Å². The maximum absolute atomic E-state index is 13.0. The van der Waals surface area contributed by atoms with E-state index in [1.165, 1.54) is 36.6 Å².